The maximum atomic E-state index is 14.9. The molecule has 1 atom stereocenters. The summed E-state index contributed by atoms with van der Waals surface area (Å²) in [5.74, 6) is -8.67. The van der Waals surface area contributed by atoms with Crippen LogP contribution in [-0.4, -0.2) is 71.8 Å². The molecule has 0 bridgehead atoms. The summed E-state index contributed by atoms with van der Waals surface area (Å²) in [6.45, 7) is 5.36. The van der Waals surface area contributed by atoms with E-state index >= 15 is 0 Å². The number of carbonyl (C=O) groups is 2. The van der Waals surface area contributed by atoms with Gasteiger partial charge in [0.1, 0.15) is 5.82 Å². The van der Waals surface area contributed by atoms with Gasteiger partial charge in [-0.15, -0.1) is 12.4 Å². The molecule has 0 saturated carbocycles. The third kappa shape index (κ3) is 5.02. The van der Waals surface area contributed by atoms with E-state index in [0.29, 0.717) is 38.9 Å². The summed E-state index contributed by atoms with van der Waals surface area (Å²) in [5.41, 5.74) is -1.64. The molecule has 0 aliphatic carbocycles. The quantitative estimate of drug-likeness (QED) is 0.591. The van der Waals surface area contributed by atoms with E-state index in [1.807, 2.05) is 0 Å². The number of nitrogens with zero attached hydrogens (tertiary/aromatic N) is 2. The number of morpholine rings is 1. The number of carboxylic acids is 2. The molecule has 0 radical (unpaired) electrons. The van der Waals surface area contributed by atoms with Crippen LogP contribution in [0.2, 0.25) is 0 Å². The molecular weight excluding hydrogens is 465 g/mol. The van der Waals surface area contributed by atoms with Crippen LogP contribution >= 0.6 is 12.4 Å². The van der Waals surface area contributed by atoms with E-state index < -0.39 is 57.6 Å². The lowest BCUT2D eigenvalue weighted by atomic mass is 9.78. The van der Waals surface area contributed by atoms with Gasteiger partial charge in [-0.05, 0) is 19.9 Å². The zero-order valence-corrected chi connectivity index (χ0v) is 19.3. The van der Waals surface area contributed by atoms with Crippen molar-refractivity contribution in [3.63, 3.8) is 0 Å². The second-order valence-corrected chi connectivity index (χ2v) is 7.87. The Bertz CT molecular complexity index is 1020. The lowest BCUT2D eigenvalue weighted by molar-refractivity contribution is -0.133. The highest BCUT2D eigenvalue weighted by atomic mass is 35.5. The first-order valence-corrected chi connectivity index (χ1v) is 10.1. The fourth-order valence-electron chi connectivity index (χ4n) is 4.23. The highest BCUT2D eigenvalue weighted by Gasteiger charge is 2.41. The van der Waals surface area contributed by atoms with Crippen molar-refractivity contribution in [2.75, 3.05) is 39.9 Å². The normalized spacial score (nSPS) is 19.6. The zero-order valence-electron chi connectivity index (χ0n) is 18.5. The number of benzene rings is 1. The van der Waals surface area contributed by atoms with Crippen LogP contribution in [0.25, 0.3) is 0 Å². The van der Waals surface area contributed by atoms with E-state index in [1.165, 1.54) is 18.9 Å². The van der Waals surface area contributed by atoms with Crippen LogP contribution in [0.1, 0.15) is 30.4 Å². The molecule has 2 aliphatic heterocycles. The van der Waals surface area contributed by atoms with Crippen molar-refractivity contribution < 1.29 is 37.7 Å². The number of halogens is 4. The molecule has 1 aromatic rings. The van der Waals surface area contributed by atoms with Crippen LogP contribution in [0.4, 0.5) is 13.2 Å². The second-order valence-electron chi connectivity index (χ2n) is 7.87. The Morgan fingerprint density at radius 1 is 1.06 bits per heavy atom. The maximum Gasteiger partial charge on any atom is 0.334 e. The predicted octanol–water partition coefficient (Wildman–Crippen LogP) is 3.28. The van der Waals surface area contributed by atoms with Crippen molar-refractivity contribution in [3.05, 3.63) is 57.2 Å². The molecule has 11 heteroatoms. The summed E-state index contributed by atoms with van der Waals surface area (Å²) in [5, 5.41) is 19.9. The molecule has 2 heterocycles. The van der Waals surface area contributed by atoms with Gasteiger partial charge in [-0.25, -0.2) is 22.8 Å². The second kappa shape index (κ2) is 10.6. The van der Waals surface area contributed by atoms with E-state index in [2.05, 4.69) is 4.90 Å². The van der Waals surface area contributed by atoms with E-state index in [9.17, 15) is 33.0 Å². The van der Waals surface area contributed by atoms with Crippen molar-refractivity contribution in [1.29, 1.82) is 0 Å². The first-order chi connectivity index (χ1) is 15.1. The van der Waals surface area contributed by atoms with Gasteiger partial charge in [-0.1, -0.05) is 0 Å². The average molecular weight is 491 g/mol. The van der Waals surface area contributed by atoms with E-state index in [0.717, 1.165) is 6.92 Å². The fraction of sp³-hybridized carbons (Fsp3) is 0.455. The minimum absolute atomic E-state index is 0. The predicted molar refractivity (Wildman–Crippen MR) is 116 cm³/mol. The van der Waals surface area contributed by atoms with Gasteiger partial charge in [0.25, 0.3) is 0 Å². The Kier molecular flexibility index (Phi) is 8.56. The summed E-state index contributed by atoms with van der Waals surface area (Å²) in [6.07, 6.45) is 0.220. The Morgan fingerprint density at radius 2 is 1.64 bits per heavy atom. The average Bonchev–Trinajstić information content (AvgIpc) is 2.75. The smallest absolute Gasteiger partial charge is 0.334 e. The fourth-order valence-corrected chi connectivity index (χ4v) is 4.23. The molecule has 3 rings (SSSR count). The largest absolute Gasteiger partial charge is 0.478 e. The van der Waals surface area contributed by atoms with Gasteiger partial charge in [0.15, 0.2) is 11.6 Å². The third-order valence-corrected chi connectivity index (χ3v) is 6.14. The molecule has 2 aliphatic rings. The molecule has 7 nitrogen and oxygen atoms in total. The minimum atomic E-state index is -1.68. The van der Waals surface area contributed by atoms with E-state index in [-0.39, 0.29) is 30.2 Å². The molecular formula is C22H26ClF3N2O5. The Balaban J connectivity index is 0.00000385. The van der Waals surface area contributed by atoms with Crippen molar-refractivity contribution in [2.24, 2.45) is 0 Å². The van der Waals surface area contributed by atoms with Crippen LogP contribution in [0, 0.1) is 24.4 Å². The van der Waals surface area contributed by atoms with Gasteiger partial charge in [-0.2, -0.15) is 0 Å². The number of hydrogen-bond donors (Lipinski definition) is 2. The standard InChI is InChI=1S/C22H25F3N2O5.ClH/c1-11-14(23)10-13(20(25)19(11)24)17-16(21(28)29)12(2)26(3)15(18(17)22(30)31)4-5-27-6-8-32-9-7-27;/h10,17H,4-9H2,1-3H3,(H,28,29)(H,30,31);1H. The number of carboxylic acid groups (broad SMARTS) is 2. The van der Waals surface area contributed by atoms with Gasteiger partial charge >= 0.3 is 11.9 Å². The topological polar surface area (TPSA) is 90.3 Å². The molecule has 33 heavy (non-hydrogen) atoms. The highest BCUT2D eigenvalue weighted by molar-refractivity contribution is 5.98. The van der Waals surface area contributed by atoms with Gasteiger partial charge < -0.3 is 19.8 Å². The Labute approximate surface area is 195 Å². The molecule has 0 aromatic heterocycles. The highest BCUT2D eigenvalue weighted by Crippen LogP contribution is 2.44. The number of rotatable bonds is 6. The molecule has 1 aromatic carbocycles. The molecule has 1 saturated heterocycles. The summed E-state index contributed by atoms with van der Waals surface area (Å²) in [6, 6.07) is 0.683. The van der Waals surface area contributed by atoms with Crippen LogP contribution in [-0.2, 0) is 14.3 Å². The third-order valence-electron chi connectivity index (χ3n) is 6.14. The summed E-state index contributed by atoms with van der Waals surface area (Å²) >= 11 is 0. The van der Waals surface area contributed by atoms with Gasteiger partial charge in [-0.3, -0.25) is 4.90 Å². The monoisotopic (exact) mass is 490 g/mol. The molecule has 0 amide bonds. The first kappa shape index (κ1) is 26.7. The van der Waals surface area contributed by atoms with Gasteiger partial charge in [0.2, 0.25) is 0 Å². The van der Waals surface area contributed by atoms with Crippen molar-refractivity contribution >= 4 is 24.3 Å². The summed E-state index contributed by atoms with van der Waals surface area (Å²) in [7, 11) is 1.53. The van der Waals surface area contributed by atoms with Crippen LogP contribution < -0.4 is 0 Å². The van der Waals surface area contributed by atoms with Crippen molar-refractivity contribution in [2.45, 2.75) is 26.2 Å². The van der Waals surface area contributed by atoms with Crippen molar-refractivity contribution in [3.8, 4) is 0 Å². The number of aliphatic carboxylic acids is 2. The Hall–Kier alpha value is -2.56. The van der Waals surface area contributed by atoms with Crippen LogP contribution in [0.5, 0.6) is 0 Å². The zero-order chi connectivity index (χ0) is 23.7. The van der Waals surface area contributed by atoms with Gasteiger partial charge in [0.05, 0.1) is 30.3 Å². The Morgan fingerprint density at radius 3 is 2.18 bits per heavy atom. The molecule has 1 fully saturated rings. The van der Waals surface area contributed by atoms with E-state index in [4.69, 9.17) is 4.74 Å². The van der Waals surface area contributed by atoms with E-state index in [1.54, 1.807) is 0 Å². The first-order valence-electron chi connectivity index (χ1n) is 10.1. The number of allylic oxidation sites excluding steroid dienone is 1. The number of hydrogen-bond acceptors (Lipinski definition) is 5. The summed E-state index contributed by atoms with van der Waals surface area (Å²) < 4.78 is 48.9. The van der Waals surface area contributed by atoms with Crippen molar-refractivity contribution in [1.82, 2.24) is 9.80 Å². The lowest BCUT2D eigenvalue weighted by Crippen LogP contribution is -2.39. The lowest BCUT2D eigenvalue weighted by Gasteiger charge is -2.37. The van der Waals surface area contributed by atoms with Gasteiger partial charge in [0, 0.05) is 55.6 Å². The van der Waals surface area contributed by atoms with Crippen LogP contribution in [0.15, 0.2) is 28.6 Å². The summed E-state index contributed by atoms with van der Waals surface area (Å²) in [4.78, 5) is 27.9. The van der Waals surface area contributed by atoms with Crippen LogP contribution in [0.3, 0.4) is 0 Å². The SMILES string of the molecule is CC1=C(C(=O)O)C(c2cc(F)c(C)c(F)c2F)C(C(=O)O)=C(CCN2CCOCC2)N1C.Cl. The molecule has 0 spiro atoms. The molecule has 2 N–H and O–H groups in total. The number of ether oxygens (including phenoxy) is 1. The minimum Gasteiger partial charge on any atom is -0.478 e. The maximum absolute atomic E-state index is 14.9. The molecule has 1 unspecified atom stereocenters. The molecule has 182 valence electrons.